The van der Waals surface area contributed by atoms with Crippen molar-refractivity contribution in [2.75, 3.05) is 0 Å². The SMILES string of the molecule is C=CCCCCCCC1(c2ccc(C)cc2)c2cc(-c3ccccc3)ccc2-c2ccc(-c3ccc(C(C)CC)cc3)cc21. The van der Waals surface area contributed by atoms with Crippen molar-refractivity contribution in [1.29, 1.82) is 0 Å². The molecule has 6 rings (SSSR count). The van der Waals surface area contributed by atoms with Crippen LogP contribution in [-0.2, 0) is 5.41 Å². The average molecular weight is 575 g/mol. The Balaban J connectivity index is 1.52. The third-order valence-corrected chi connectivity index (χ3v) is 10.0. The molecule has 0 saturated carbocycles. The van der Waals surface area contributed by atoms with E-state index in [1.54, 1.807) is 0 Å². The highest BCUT2D eigenvalue weighted by molar-refractivity contribution is 5.88. The molecule has 0 fully saturated rings. The van der Waals surface area contributed by atoms with Gasteiger partial charge in [0, 0.05) is 5.41 Å². The number of rotatable bonds is 12. The van der Waals surface area contributed by atoms with Crippen molar-refractivity contribution in [3.8, 4) is 33.4 Å². The van der Waals surface area contributed by atoms with Gasteiger partial charge in [-0.15, -0.1) is 6.58 Å². The van der Waals surface area contributed by atoms with E-state index in [9.17, 15) is 0 Å². The largest absolute Gasteiger partial charge is 0.103 e. The number of aryl methyl sites for hydroxylation is 1. The minimum absolute atomic E-state index is 0.200. The van der Waals surface area contributed by atoms with Gasteiger partial charge in [-0.25, -0.2) is 0 Å². The van der Waals surface area contributed by atoms with Crippen molar-refractivity contribution >= 4 is 0 Å². The molecule has 1 aliphatic carbocycles. The van der Waals surface area contributed by atoms with E-state index in [0.29, 0.717) is 5.92 Å². The summed E-state index contributed by atoms with van der Waals surface area (Å²) in [5.41, 5.74) is 14.8. The second-order valence-corrected chi connectivity index (χ2v) is 12.8. The summed E-state index contributed by atoms with van der Waals surface area (Å²) in [6.45, 7) is 10.7. The van der Waals surface area contributed by atoms with Crippen LogP contribution in [0.3, 0.4) is 0 Å². The molecule has 222 valence electrons. The van der Waals surface area contributed by atoms with Gasteiger partial charge in [-0.1, -0.05) is 148 Å². The first kappa shape index (κ1) is 29.9. The number of hydrogen-bond donors (Lipinski definition) is 0. The molecule has 0 nitrogen and oxygen atoms in total. The summed E-state index contributed by atoms with van der Waals surface area (Å²) < 4.78 is 0. The second-order valence-electron chi connectivity index (χ2n) is 12.8. The van der Waals surface area contributed by atoms with Crippen molar-refractivity contribution in [2.45, 2.75) is 77.0 Å². The predicted octanol–water partition coefficient (Wildman–Crippen LogP) is 12.7. The van der Waals surface area contributed by atoms with Gasteiger partial charge in [-0.05, 0) is 106 Å². The fourth-order valence-corrected chi connectivity index (χ4v) is 7.23. The molecule has 0 radical (unpaired) electrons. The van der Waals surface area contributed by atoms with Gasteiger partial charge in [-0.2, -0.15) is 0 Å². The number of unbranched alkanes of at least 4 members (excludes halogenated alkanes) is 4. The summed E-state index contributed by atoms with van der Waals surface area (Å²) in [5.74, 6) is 0.582. The maximum atomic E-state index is 3.93. The average Bonchev–Trinajstić information content (AvgIpc) is 3.35. The number of hydrogen-bond acceptors (Lipinski definition) is 0. The maximum Gasteiger partial charge on any atom is 0.0464 e. The molecule has 0 amide bonds. The zero-order valence-electron chi connectivity index (χ0n) is 26.8. The molecule has 5 aromatic rings. The second kappa shape index (κ2) is 13.2. The molecule has 0 saturated heterocycles. The van der Waals surface area contributed by atoms with Crippen LogP contribution in [0.4, 0.5) is 0 Å². The van der Waals surface area contributed by atoms with Crippen LogP contribution in [0.5, 0.6) is 0 Å². The van der Waals surface area contributed by atoms with E-state index < -0.39 is 0 Å². The van der Waals surface area contributed by atoms with Crippen molar-refractivity contribution in [2.24, 2.45) is 0 Å². The molecule has 0 bridgehead atoms. The van der Waals surface area contributed by atoms with Crippen LogP contribution in [0.2, 0.25) is 0 Å². The quantitative estimate of drug-likeness (QED) is 0.103. The number of benzene rings is 5. The third kappa shape index (κ3) is 5.71. The monoisotopic (exact) mass is 574 g/mol. The Morgan fingerprint density at radius 3 is 1.80 bits per heavy atom. The van der Waals surface area contributed by atoms with Gasteiger partial charge in [-0.3, -0.25) is 0 Å². The number of fused-ring (bicyclic) bond motifs is 3. The van der Waals surface area contributed by atoms with Crippen LogP contribution in [0.1, 0.15) is 92.5 Å². The molecule has 0 aliphatic heterocycles. The van der Waals surface area contributed by atoms with Crippen LogP contribution in [0, 0.1) is 6.92 Å². The van der Waals surface area contributed by atoms with E-state index in [1.165, 1.54) is 86.9 Å². The first-order valence-electron chi connectivity index (χ1n) is 16.7. The topological polar surface area (TPSA) is 0 Å². The minimum atomic E-state index is -0.200. The number of allylic oxidation sites excluding steroid dienone is 1. The molecule has 0 aromatic heterocycles. The Morgan fingerprint density at radius 2 is 1.20 bits per heavy atom. The molecule has 2 unspecified atom stereocenters. The lowest BCUT2D eigenvalue weighted by Gasteiger charge is -2.34. The molecular formula is C44H46. The molecule has 0 heteroatoms. The summed E-state index contributed by atoms with van der Waals surface area (Å²) in [7, 11) is 0. The van der Waals surface area contributed by atoms with Gasteiger partial charge in [0.05, 0.1) is 0 Å². The van der Waals surface area contributed by atoms with E-state index in [4.69, 9.17) is 0 Å². The Hall–Kier alpha value is -4.16. The van der Waals surface area contributed by atoms with Gasteiger partial charge in [0.25, 0.3) is 0 Å². The van der Waals surface area contributed by atoms with E-state index in [0.717, 1.165) is 19.3 Å². The molecule has 5 aromatic carbocycles. The van der Waals surface area contributed by atoms with E-state index in [1.807, 2.05) is 0 Å². The molecule has 44 heavy (non-hydrogen) atoms. The summed E-state index contributed by atoms with van der Waals surface area (Å²) >= 11 is 0. The maximum absolute atomic E-state index is 3.93. The molecule has 0 N–H and O–H groups in total. The minimum Gasteiger partial charge on any atom is -0.103 e. The first-order chi connectivity index (χ1) is 21.5. The van der Waals surface area contributed by atoms with Crippen molar-refractivity contribution in [1.82, 2.24) is 0 Å². The highest BCUT2D eigenvalue weighted by Crippen LogP contribution is 2.56. The molecular weight excluding hydrogens is 528 g/mol. The third-order valence-electron chi connectivity index (χ3n) is 10.0. The smallest absolute Gasteiger partial charge is 0.0464 e. The predicted molar refractivity (Wildman–Crippen MR) is 190 cm³/mol. The fourth-order valence-electron chi connectivity index (χ4n) is 7.23. The molecule has 2 atom stereocenters. The summed E-state index contributed by atoms with van der Waals surface area (Å²) in [6, 6.07) is 44.0. The van der Waals surface area contributed by atoms with E-state index in [2.05, 4.69) is 149 Å². The standard InChI is InChI=1S/C44H46/c1-5-7-8-9-10-14-29-44(39-25-17-32(3)18-26-39)42-30-37(35-15-12-11-13-16-35)23-27-40(42)41-28-24-38(31-43(41)44)36-21-19-34(20-22-36)33(4)6-2/h5,11-13,15-28,30-31,33H,1,6-10,14,29H2,2-4H3. The van der Waals surface area contributed by atoms with Gasteiger partial charge in [0.15, 0.2) is 0 Å². The highest BCUT2D eigenvalue weighted by atomic mass is 14.5. The molecule has 1 aliphatic rings. The lowest BCUT2D eigenvalue weighted by atomic mass is 9.68. The zero-order chi connectivity index (χ0) is 30.5. The van der Waals surface area contributed by atoms with Crippen molar-refractivity contribution in [3.05, 3.63) is 156 Å². The Kier molecular flexibility index (Phi) is 8.99. The molecule has 0 spiro atoms. The zero-order valence-corrected chi connectivity index (χ0v) is 26.8. The van der Waals surface area contributed by atoms with Crippen LogP contribution in [0.25, 0.3) is 33.4 Å². The van der Waals surface area contributed by atoms with Crippen LogP contribution in [-0.4, -0.2) is 0 Å². The first-order valence-corrected chi connectivity index (χ1v) is 16.7. The summed E-state index contributed by atoms with van der Waals surface area (Å²) in [6.07, 6.45) is 10.3. The van der Waals surface area contributed by atoms with Gasteiger partial charge < -0.3 is 0 Å². The van der Waals surface area contributed by atoms with Gasteiger partial charge >= 0.3 is 0 Å². The van der Waals surface area contributed by atoms with E-state index >= 15 is 0 Å². The van der Waals surface area contributed by atoms with Gasteiger partial charge in [0.2, 0.25) is 0 Å². The van der Waals surface area contributed by atoms with E-state index in [-0.39, 0.29) is 5.41 Å². The van der Waals surface area contributed by atoms with Crippen molar-refractivity contribution in [3.63, 3.8) is 0 Å². The Morgan fingerprint density at radius 1 is 0.636 bits per heavy atom. The molecule has 0 heterocycles. The fraction of sp³-hybridized carbons (Fsp3) is 0.273. The van der Waals surface area contributed by atoms with Gasteiger partial charge in [0.1, 0.15) is 0 Å². The normalized spacial score (nSPS) is 15.9. The lowest BCUT2D eigenvalue weighted by molar-refractivity contribution is 0.512. The van der Waals surface area contributed by atoms with Crippen LogP contribution < -0.4 is 0 Å². The Labute approximate surface area is 265 Å². The lowest BCUT2D eigenvalue weighted by Crippen LogP contribution is -2.27. The Bertz CT molecular complexity index is 1710. The van der Waals surface area contributed by atoms with Crippen LogP contribution in [0.15, 0.2) is 128 Å². The summed E-state index contributed by atoms with van der Waals surface area (Å²) in [4.78, 5) is 0. The summed E-state index contributed by atoms with van der Waals surface area (Å²) in [5, 5.41) is 0. The van der Waals surface area contributed by atoms with Crippen LogP contribution >= 0.6 is 0 Å². The van der Waals surface area contributed by atoms with Crippen molar-refractivity contribution < 1.29 is 0 Å². The highest BCUT2D eigenvalue weighted by Gasteiger charge is 2.44.